The van der Waals surface area contributed by atoms with E-state index in [0.717, 1.165) is 10.0 Å². The Morgan fingerprint density at radius 3 is 3.00 bits per heavy atom. The molecular weight excluding hydrogens is 134 g/mol. The minimum Gasteiger partial charge on any atom is -0.365 e. The quantitative estimate of drug-likeness (QED) is 0.639. The summed E-state index contributed by atoms with van der Waals surface area (Å²) < 4.78 is 0. The molecule has 1 rings (SSSR count). The molecule has 1 aromatic heterocycles. The van der Waals surface area contributed by atoms with E-state index in [1.165, 1.54) is 0 Å². The third-order valence-corrected chi connectivity index (χ3v) is 2.01. The number of nitrogens with zero attached hydrogens (tertiary/aromatic N) is 1. The van der Waals surface area contributed by atoms with Crippen molar-refractivity contribution in [3.63, 3.8) is 0 Å². The fourth-order valence-electron chi connectivity index (χ4n) is 0.517. The van der Waals surface area contributed by atoms with Crippen LogP contribution in [0, 0.1) is 0 Å². The van der Waals surface area contributed by atoms with Gasteiger partial charge in [-0.1, -0.05) is 0 Å². The molecule has 0 saturated carbocycles. The summed E-state index contributed by atoms with van der Waals surface area (Å²) in [5.74, 6) is 0. The van der Waals surface area contributed by atoms with Crippen molar-refractivity contribution >= 4 is 16.5 Å². The minimum absolute atomic E-state index is 0.583. The first-order valence-electron chi connectivity index (χ1n) is 2.69. The lowest BCUT2D eigenvalue weighted by Gasteiger charge is -1.86. The topological polar surface area (TPSA) is 50.9 Å². The first-order valence-corrected chi connectivity index (χ1v) is 3.51. The van der Waals surface area contributed by atoms with Crippen molar-refractivity contribution in [2.45, 2.75) is 6.54 Å². The number of aromatic nitrogens is 1. The van der Waals surface area contributed by atoms with Gasteiger partial charge >= 0.3 is 0 Å². The van der Waals surface area contributed by atoms with Gasteiger partial charge in [0.05, 0.1) is 0 Å². The van der Waals surface area contributed by atoms with Crippen LogP contribution in [-0.4, -0.2) is 12.0 Å². The fourth-order valence-corrected chi connectivity index (χ4v) is 1.16. The average Bonchev–Trinajstić information content (AvgIpc) is 2.34. The van der Waals surface area contributed by atoms with E-state index in [-0.39, 0.29) is 0 Å². The smallest absolute Gasteiger partial charge is 0.182 e. The molecule has 0 radical (unpaired) electrons. The molecule has 0 aliphatic carbocycles. The lowest BCUT2D eigenvalue weighted by Crippen LogP contribution is -1.91. The summed E-state index contributed by atoms with van der Waals surface area (Å²) in [4.78, 5) is 5.14. The number of anilines is 1. The average molecular weight is 143 g/mol. The molecule has 0 saturated heterocycles. The van der Waals surface area contributed by atoms with E-state index in [2.05, 4.69) is 10.3 Å². The minimum atomic E-state index is 0.583. The van der Waals surface area contributed by atoms with Crippen LogP contribution in [0.25, 0.3) is 0 Å². The molecule has 0 aromatic carbocycles. The second kappa shape index (κ2) is 2.80. The lowest BCUT2D eigenvalue weighted by atomic mass is 10.6. The number of rotatable bonds is 2. The molecule has 4 heteroatoms. The van der Waals surface area contributed by atoms with Gasteiger partial charge in [0.1, 0.15) is 0 Å². The third kappa shape index (κ3) is 1.40. The molecule has 0 bridgehead atoms. The summed E-state index contributed by atoms with van der Waals surface area (Å²) in [5.41, 5.74) is 5.36. The van der Waals surface area contributed by atoms with E-state index in [1.807, 2.05) is 7.05 Å². The van der Waals surface area contributed by atoms with Crippen LogP contribution < -0.4 is 11.1 Å². The second-order valence-electron chi connectivity index (χ2n) is 1.59. The summed E-state index contributed by atoms with van der Waals surface area (Å²) in [7, 11) is 1.85. The van der Waals surface area contributed by atoms with Crippen LogP contribution in [-0.2, 0) is 6.54 Å². The van der Waals surface area contributed by atoms with Crippen LogP contribution in [0.3, 0.4) is 0 Å². The molecule has 0 unspecified atom stereocenters. The Morgan fingerprint density at radius 1 is 1.89 bits per heavy atom. The van der Waals surface area contributed by atoms with Gasteiger partial charge in [0.2, 0.25) is 0 Å². The Kier molecular flexibility index (Phi) is 2.02. The number of nitrogens with one attached hydrogen (secondary N) is 1. The molecule has 0 fully saturated rings. The lowest BCUT2D eigenvalue weighted by molar-refractivity contribution is 1.10. The molecule has 1 heterocycles. The fraction of sp³-hybridized carbons (Fsp3) is 0.400. The van der Waals surface area contributed by atoms with Gasteiger partial charge in [0, 0.05) is 24.7 Å². The molecule has 0 aliphatic rings. The summed E-state index contributed by atoms with van der Waals surface area (Å²) in [6.45, 7) is 0.583. The van der Waals surface area contributed by atoms with Crippen molar-refractivity contribution in [3.05, 3.63) is 11.1 Å². The van der Waals surface area contributed by atoms with E-state index >= 15 is 0 Å². The van der Waals surface area contributed by atoms with Gasteiger partial charge in [-0.2, -0.15) is 0 Å². The van der Waals surface area contributed by atoms with E-state index in [0.29, 0.717) is 6.54 Å². The van der Waals surface area contributed by atoms with Crippen LogP contribution in [0.5, 0.6) is 0 Å². The normalized spacial score (nSPS) is 9.56. The molecule has 3 N–H and O–H groups in total. The van der Waals surface area contributed by atoms with Gasteiger partial charge in [0.25, 0.3) is 0 Å². The molecule has 9 heavy (non-hydrogen) atoms. The van der Waals surface area contributed by atoms with Crippen LogP contribution in [0.2, 0.25) is 0 Å². The number of hydrogen-bond acceptors (Lipinski definition) is 4. The summed E-state index contributed by atoms with van der Waals surface area (Å²) in [6, 6.07) is 0. The highest BCUT2D eigenvalue weighted by Crippen LogP contribution is 2.15. The first kappa shape index (κ1) is 6.51. The van der Waals surface area contributed by atoms with Crippen molar-refractivity contribution in [1.82, 2.24) is 4.98 Å². The maximum absolute atomic E-state index is 5.36. The van der Waals surface area contributed by atoms with Gasteiger partial charge in [-0.25, -0.2) is 4.98 Å². The molecule has 1 aromatic rings. The highest BCUT2D eigenvalue weighted by Gasteiger charge is 1.94. The van der Waals surface area contributed by atoms with Gasteiger partial charge in [0.15, 0.2) is 5.13 Å². The van der Waals surface area contributed by atoms with E-state index in [1.54, 1.807) is 17.5 Å². The van der Waals surface area contributed by atoms with Gasteiger partial charge < -0.3 is 11.1 Å². The SMILES string of the molecule is CNc1ncc(CN)s1. The molecule has 0 aliphatic heterocycles. The molecule has 50 valence electrons. The Bertz CT molecular complexity index is 166. The van der Waals surface area contributed by atoms with Crippen LogP contribution >= 0.6 is 11.3 Å². The Hall–Kier alpha value is -0.610. The number of thiazole rings is 1. The second-order valence-corrected chi connectivity index (χ2v) is 2.70. The monoisotopic (exact) mass is 143 g/mol. The van der Waals surface area contributed by atoms with Crippen LogP contribution in [0.15, 0.2) is 6.20 Å². The summed E-state index contributed by atoms with van der Waals surface area (Å²) in [6.07, 6.45) is 1.79. The highest BCUT2D eigenvalue weighted by molar-refractivity contribution is 7.15. The molecule has 3 nitrogen and oxygen atoms in total. The van der Waals surface area contributed by atoms with Crippen molar-refractivity contribution < 1.29 is 0 Å². The molecule has 0 amide bonds. The number of hydrogen-bond donors (Lipinski definition) is 2. The van der Waals surface area contributed by atoms with Crippen molar-refractivity contribution in [2.75, 3.05) is 12.4 Å². The van der Waals surface area contributed by atoms with Crippen molar-refractivity contribution in [1.29, 1.82) is 0 Å². The zero-order chi connectivity index (χ0) is 6.69. The van der Waals surface area contributed by atoms with Gasteiger partial charge in [-0.05, 0) is 0 Å². The first-order chi connectivity index (χ1) is 4.36. The number of nitrogens with two attached hydrogens (primary N) is 1. The zero-order valence-corrected chi connectivity index (χ0v) is 6.03. The largest absolute Gasteiger partial charge is 0.365 e. The highest BCUT2D eigenvalue weighted by atomic mass is 32.1. The van der Waals surface area contributed by atoms with E-state index in [4.69, 9.17) is 5.73 Å². The predicted octanol–water partition coefficient (Wildman–Crippen LogP) is 0.644. The Morgan fingerprint density at radius 2 is 2.67 bits per heavy atom. The Balaban J connectivity index is 2.74. The van der Waals surface area contributed by atoms with Crippen LogP contribution in [0.1, 0.15) is 4.88 Å². The maximum Gasteiger partial charge on any atom is 0.182 e. The molecular formula is C5H9N3S. The van der Waals surface area contributed by atoms with Crippen molar-refractivity contribution in [3.8, 4) is 0 Å². The van der Waals surface area contributed by atoms with Crippen LogP contribution in [0.4, 0.5) is 5.13 Å². The standard InChI is InChI=1S/C5H9N3S/c1-7-5-8-3-4(2-6)9-5/h3H,2,6H2,1H3,(H,7,8). The zero-order valence-electron chi connectivity index (χ0n) is 5.22. The van der Waals surface area contributed by atoms with Gasteiger partial charge in [-0.15, -0.1) is 11.3 Å². The molecule has 0 atom stereocenters. The summed E-state index contributed by atoms with van der Waals surface area (Å²) in [5, 5.41) is 3.86. The predicted molar refractivity (Wildman–Crippen MR) is 39.6 cm³/mol. The molecule has 0 spiro atoms. The summed E-state index contributed by atoms with van der Waals surface area (Å²) >= 11 is 1.59. The van der Waals surface area contributed by atoms with E-state index in [9.17, 15) is 0 Å². The maximum atomic E-state index is 5.36. The van der Waals surface area contributed by atoms with Gasteiger partial charge in [-0.3, -0.25) is 0 Å². The third-order valence-electron chi connectivity index (χ3n) is 0.969. The van der Waals surface area contributed by atoms with E-state index < -0.39 is 0 Å². The Labute approximate surface area is 57.9 Å². The van der Waals surface area contributed by atoms with Crippen molar-refractivity contribution in [2.24, 2.45) is 5.73 Å².